The molecule has 0 atom stereocenters. The van der Waals surface area contributed by atoms with Crippen molar-refractivity contribution < 1.29 is 19.0 Å². The summed E-state index contributed by atoms with van der Waals surface area (Å²) in [6.45, 7) is 0. The van der Waals surface area contributed by atoms with Crippen LogP contribution in [0.1, 0.15) is 10.4 Å². The molecule has 0 radical (unpaired) electrons. The third kappa shape index (κ3) is 2.98. The maximum absolute atomic E-state index is 13.1. The molecule has 0 aliphatic carbocycles. The molecule has 0 bridgehead atoms. The second-order valence-corrected chi connectivity index (χ2v) is 4.75. The SMILES string of the molecule is O=C(O)c1ccc(F)cc1Oc1cccc(I)c1. The molecule has 0 unspecified atom stereocenters. The first-order chi connectivity index (χ1) is 8.56. The van der Waals surface area contributed by atoms with E-state index in [9.17, 15) is 9.18 Å². The molecule has 1 N–H and O–H groups in total. The first kappa shape index (κ1) is 12.8. The molecule has 0 saturated carbocycles. The standard InChI is InChI=1S/C13H8FIO3/c14-8-4-5-11(13(16)17)12(6-8)18-10-3-1-2-9(15)7-10/h1-7H,(H,16,17). The van der Waals surface area contributed by atoms with Crippen LogP contribution in [0.3, 0.4) is 0 Å². The average molecular weight is 358 g/mol. The summed E-state index contributed by atoms with van der Waals surface area (Å²) >= 11 is 2.11. The number of aromatic carboxylic acids is 1. The van der Waals surface area contributed by atoms with E-state index in [4.69, 9.17) is 9.84 Å². The number of benzene rings is 2. The zero-order valence-electron chi connectivity index (χ0n) is 9.06. The molecular weight excluding hydrogens is 350 g/mol. The van der Waals surface area contributed by atoms with Crippen molar-refractivity contribution >= 4 is 28.6 Å². The number of rotatable bonds is 3. The highest BCUT2D eigenvalue weighted by Crippen LogP contribution is 2.27. The first-order valence-corrected chi connectivity index (χ1v) is 6.10. The van der Waals surface area contributed by atoms with Crippen molar-refractivity contribution in [3.8, 4) is 11.5 Å². The Balaban J connectivity index is 2.39. The van der Waals surface area contributed by atoms with E-state index in [2.05, 4.69) is 22.6 Å². The molecule has 92 valence electrons. The molecule has 18 heavy (non-hydrogen) atoms. The summed E-state index contributed by atoms with van der Waals surface area (Å²) in [5.41, 5.74) is -0.0738. The molecule has 0 spiro atoms. The molecule has 3 nitrogen and oxygen atoms in total. The largest absolute Gasteiger partial charge is 0.478 e. The molecule has 0 aromatic heterocycles. The molecule has 0 fully saturated rings. The van der Waals surface area contributed by atoms with Crippen LogP contribution in [-0.2, 0) is 0 Å². The van der Waals surface area contributed by atoms with Crippen LogP contribution in [0, 0.1) is 9.39 Å². The van der Waals surface area contributed by atoms with Gasteiger partial charge in [-0.3, -0.25) is 0 Å². The second-order valence-electron chi connectivity index (χ2n) is 3.51. The number of hydrogen-bond donors (Lipinski definition) is 1. The van der Waals surface area contributed by atoms with Crippen LogP contribution >= 0.6 is 22.6 Å². The van der Waals surface area contributed by atoms with Gasteiger partial charge in [-0.15, -0.1) is 0 Å². The number of carboxylic acid groups (broad SMARTS) is 1. The van der Waals surface area contributed by atoms with Crippen molar-refractivity contribution in [2.24, 2.45) is 0 Å². The number of carboxylic acids is 1. The highest BCUT2D eigenvalue weighted by Gasteiger charge is 2.13. The molecule has 5 heteroatoms. The Morgan fingerprint density at radius 2 is 2.00 bits per heavy atom. The van der Waals surface area contributed by atoms with Gasteiger partial charge in [0.15, 0.2) is 0 Å². The highest BCUT2D eigenvalue weighted by molar-refractivity contribution is 14.1. The van der Waals surface area contributed by atoms with Gasteiger partial charge in [0.25, 0.3) is 0 Å². The lowest BCUT2D eigenvalue weighted by atomic mass is 10.2. The minimum absolute atomic E-state index is 0.00972. The van der Waals surface area contributed by atoms with Crippen LogP contribution < -0.4 is 4.74 Å². The Hall–Kier alpha value is -1.63. The van der Waals surface area contributed by atoms with E-state index in [1.54, 1.807) is 18.2 Å². The molecule has 2 aromatic carbocycles. The van der Waals surface area contributed by atoms with Gasteiger partial charge in [-0.05, 0) is 52.9 Å². The fourth-order valence-corrected chi connectivity index (χ4v) is 1.93. The molecule has 0 amide bonds. The number of ether oxygens (including phenoxy) is 1. The lowest BCUT2D eigenvalue weighted by Gasteiger charge is -2.09. The van der Waals surface area contributed by atoms with Gasteiger partial charge in [0.05, 0.1) is 0 Å². The van der Waals surface area contributed by atoms with Gasteiger partial charge in [0.2, 0.25) is 0 Å². The maximum atomic E-state index is 13.1. The summed E-state index contributed by atoms with van der Waals surface area (Å²) in [6, 6.07) is 10.4. The van der Waals surface area contributed by atoms with Crippen LogP contribution in [0.25, 0.3) is 0 Å². The van der Waals surface area contributed by atoms with Crippen LogP contribution in [-0.4, -0.2) is 11.1 Å². The van der Waals surface area contributed by atoms with Gasteiger partial charge in [0.1, 0.15) is 22.9 Å². The third-order valence-corrected chi connectivity index (χ3v) is 2.87. The highest BCUT2D eigenvalue weighted by atomic mass is 127. The van der Waals surface area contributed by atoms with E-state index in [0.717, 1.165) is 15.7 Å². The predicted octanol–water partition coefficient (Wildman–Crippen LogP) is 3.92. The average Bonchev–Trinajstić information content (AvgIpc) is 2.28. The molecule has 2 aromatic rings. The molecule has 0 heterocycles. The van der Waals surface area contributed by atoms with Gasteiger partial charge >= 0.3 is 5.97 Å². The van der Waals surface area contributed by atoms with E-state index in [0.29, 0.717) is 5.75 Å². The Bertz CT molecular complexity index is 599. The van der Waals surface area contributed by atoms with Crippen molar-refractivity contribution in [2.75, 3.05) is 0 Å². The normalized spacial score (nSPS) is 10.1. The monoisotopic (exact) mass is 358 g/mol. The molecule has 0 saturated heterocycles. The van der Waals surface area contributed by atoms with Gasteiger partial charge < -0.3 is 9.84 Å². The molecular formula is C13H8FIO3. The fourth-order valence-electron chi connectivity index (χ4n) is 1.41. The van der Waals surface area contributed by atoms with E-state index in [1.165, 1.54) is 6.07 Å². The van der Waals surface area contributed by atoms with Crippen molar-refractivity contribution in [3.05, 3.63) is 57.4 Å². The van der Waals surface area contributed by atoms with Gasteiger partial charge in [-0.2, -0.15) is 0 Å². The Labute approximate surface area is 116 Å². The minimum atomic E-state index is -1.16. The quantitative estimate of drug-likeness (QED) is 0.846. The topological polar surface area (TPSA) is 46.5 Å². The minimum Gasteiger partial charge on any atom is -0.478 e. The van der Waals surface area contributed by atoms with Crippen molar-refractivity contribution in [2.45, 2.75) is 0 Å². The smallest absolute Gasteiger partial charge is 0.339 e. The lowest BCUT2D eigenvalue weighted by Crippen LogP contribution is -2.00. The molecule has 0 aliphatic rings. The third-order valence-electron chi connectivity index (χ3n) is 2.20. The summed E-state index contributed by atoms with van der Waals surface area (Å²) in [5.74, 6) is -1.24. The van der Waals surface area contributed by atoms with Crippen molar-refractivity contribution in [1.82, 2.24) is 0 Å². The van der Waals surface area contributed by atoms with E-state index < -0.39 is 11.8 Å². The number of carbonyl (C=O) groups is 1. The summed E-state index contributed by atoms with van der Waals surface area (Å²) in [4.78, 5) is 11.0. The summed E-state index contributed by atoms with van der Waals surface area (Å²) in [6.07, 6.45) is 0. The van der Waals surface area contributed by atoms with Crippen LogP contribution in [0.4, 0.5) is 4.39 Å². The molecule has 2 rings (SSSR count). The predicted molar refractivity (Wildman–Crippen MR) is 72.6 cm³/mol. The van der Waals surface area contributed by atoms with Gasteiger partial charge in [-0.25, -0.2) is 9.18 Å². The van der Waals surface area contributed by atoms with Crippen LogP contribution in [0.5, 0.6) is 11.5 Å². The van der Waals surface area contributed by atoms with Gasteiger partial charge in [0, 0.05) is 9.64 Å². The van der Waals surface area contributed by atoms with Crippen LogP contribution in [0.2, 0.25) is 0 Å². The van der Waals surface area contributed by atoms with Crippen molar-refractivity contribution in [3.63, 3.8) is 0 Å². The number of halogens is 2. The second kappa shape index (κ2) is 5.34. The Kier molecular flexibility index (Phi) is 3.81. The lowest BCUT2D eigenvalue weighted by molar-refractivity contribution is 0.0694. The zero-order valence-corrected chi connectivity index (χ0v) is 11.2. The van der Waals surface area contributed by atoms with E-state index >= 15 is 0 Å². The summed E-state index contributed by atoms with van der Waals surface area (Å²) in [5, 5.41) is 8.99. The summed E-state index contributed by atoms with van der Waals surface area (Å²) < 4.78 is 19.5. The zero-order chi connectivity index (χ0) is 13.1. The van der Waals surface area contributed by atoms with Crippen molar-refractivity contribution in [1.29, 1.82) is 0 Å². The Morgan fingerprint density at radius 3 is 2.67 bits per heavy atom. The first-order valence-electron chi connectivity index (χ1n) is 5.02. The maximum Gasteiger partial charge on any atom is 0.339 e. The Morgan fingerprint density at radius 1 is 1.22 bits per heavy atom. The molecule has 0 aliphatic heterocycles. The van der Waals surface area contributed by atoms with E-state index in [-0.39, 0.29) is 11.3 Å². The van der Waals surface area contributed by atoms with Gasteiger partial charge in [-0.1, -0.05) is 6.07 Å². The van der Waals surface area contributed by atoms with Crippen LogP contribution in [0.15, 0.2) is 42.5 Å². The van der Waals surface area contributed by atoms with E-state index in [1.807, 2.05) is 6.07 Å². The number of hydrogen-bond acceptors (Lipinski definition) is 2. The fraction of sp³-hybridized carbons (Fsp3) is 0. The summed E-state index contributed by atoms with van der Waals surface area (Å²) in [7, 11) is 0.